The summed E-state index contributed by atoms with van der Waals surface area (Å²) in [6.07, 6.45) is 0. The van der Waals surface area contributed by atoms with Crippen LogP contribution in [0.15, 0.2) is 54.6 Å². The smallest absolute Gasteiger partial charge is 0.132 e. The van der Waals surface area contributed by atoms with Gasteiger partial charge in [0, 0.05) is 12.1 Å². The minimum atomic E-state index is -0.343. The Balaban J connectivity index is 2.19. The normalized spacial score (nSPS) is 10.8. The molecule has 0 aliphatic rings. The molecule has 2 aromatic carbocycles. The fourth-order valence-corrected chi connectivity index (χ4v) is 2.17. The van der Waals surface area contributed by atoms with E-state index in [1.54, 1.807) is 41.1 Å². The van der Waals surface area contributed by atoms with Gasteiger partial charge in [0.2, 0.25) is 0 Å². The van der Waals surface area contributed by atoms with Crippen molar-refractivity contribution in [2.24, 2.45) is 5.73 Å². The molecule has 3 nitrogen and oxygen atoms in total. The predicted molar refractivity (Wildman–Crippen MR) is 76.8 cm³/mol. The summed E-state index contributed by atoms with van der Waals surface area (Å²) in [6.45, 7) is 0.246. The van der Waals surface area contributed by atoms with Gasteiger partial charge >= 0.3 is 0 Å². The molecule has 0 saturated heterocycles. The summed E-state index contributed by atoms with van der Waals surface area (Å²) in [6, 6.07) is 14.0. The van der Waals surface area contributed by atoms with Gasteiger partial charge in [-0.2, -0.15) is 5.10 Å². The molecule has 0 radical (unpaired) electrons. The zero-order chi connectivity index (χ0) is 14.8. The van der Waals surface area contributed by atoms with Crippen LogP contribution in [-0.2, 0) is 6.54 Å². The number of hydrogen-bond acceptors (Lipinski definition) is 2. The van der Waals surface area contributed by atoms with E-state index < -0.39 is 0 Å². The highest BCUT2D eigenvalue weighted by atomic mass is 19.1. The lowest BCUT2D eigenvalue weighted by molar-refractivity contribution is 0.626. The Morgan fingerprint density at radius 2 is 1.71 bits per heavy atom. The highest BCUT2D eigenvalue weighted by molar-refractivity contribution is 5.63. The minimum absolute atomic E-state index is 0.246. The average molecular weight is 285 g/mol. The first-order valence-corrected chi connectivity index (χ1v) is 6.49. The summed E-state index contributed by atoms with van der Waals surface area (Å²) >= 11 is 0. The SMILES string of the molecule is NCc1cc(-c2ccccc2F)n(-c2ccc(F)cc2)n1. The largest absolute Gasteiger partial charge is 0.325 e. The molecule has 3 aromatic rings. The zero-order valence-corrected chi connectivity index (χ0v) is 11.1. The topological polar surface area (TPSA) is 43.8 Å². The van der Waals surface area contributed by atoms with E-state index in [-0.39, 0.29) is 18.2 Å². The molecule has 106 valence electrons. The first kappa shape index (κ1) is 13.5. The molecule has 0 amide bonds. The molecule has 0 saturated carbocycles. The van der Waals surface area contributed by atoms with Crippen LogP contribution in [0.2, 0.25) is 0 Å². The highest BCUT2D eigenvalue weighted by Gasteiger charge is 2.14. The van der Waals surface area contributed by atoms with E-state index in [1.807, 2.05) is 0 Å². The van der Waals surface area contributed by atoms with E-state index in [2.05, 4.69) is 5.10 Å². The minimum Gasteiger partial charge on any atom is -0.325 e. The van der Waals surface area contributed by atoms with Gasteiger partial charge < -0.3 is 5.73 Å². The van der Waals surface area contributed by atoms with Crippen LogP contribution in [0.25, 0.3) is 16.9 Å². The van der Waals surface area contributed by atoms with Crippen molar-refractivity contribution in [3.63, 3.8) is 0 Å². The lowest BCUT2D eigenvalue weighted by atomic mass is 10.1. The number of hydrogen-bond donors (Lipinski definition) is 1. The summed E-state index contributed by atoms with van der Waals surface area (Å²) in [7, 11) is 0. The van der Waals surface area contributed by atoms with E-state index in [0.717, 1.165) is 0 Å². The summed E-state index contributed by atoms with van der Waals surface area (Å²) in [5, 5.41) is 4.35. The standard InChI is InChI=1S/C16H13F2N3/c17-11-5-7-13(8-6-11)21-16(9-12(10-19)20-21)14-3-1-2-4-15(14)18/h1-9H,10,19H2. The van der Waals surface area contributed by atoms with Crippen LogP contribution in [0.3, 0.4) is 0 Å². The summed E-state index contributed by atoms with van der Waals surface area (Å²) in [5.41, 5.74) is 7.91. The lowest BCUT2D eigenvalue weighted by Crippen LogP contribution is -2.02. The van der Waals surface area contributed by atoms with Gasteiger partial charge in [0.25, 0.3) is 0 Å². The molecule has 21 heavy (non-hydrogen) atoms. The number of rotatable bonds is 3. The summed E-state index contributed by atoms with van der Waals surface area (Å²) in [4.78, 5) is 0. The lowest BCUT2D eigenvalue weighted by Gasteiger charge is -2.08. The van der Waals surface area contributed by atoms with Crippen LogP contribution in [-0.4, -0.2) is 9.78 Å². The Morgan fingerprint density at radius 3 is 2.38 bits per heavy atom. The summed E-state index contributed by atoms with van der Waals surface area (Å²) < 4.78 is 28.6. The Bertz CT molecular complexity index is 763. The molecule has 1 aromatic heterocycles. The van der Waals surface area contributed by atoms with Crippen LogP contribution in [0, 0.1) is 11.6 Å². The molecule has 5 heteroatoms. The Hall–Kier alpha value is -2.53. The number of nitrogens with zero attached hydrogens (tertiary/aromatic N) is 2. The maximum absolute atomic E-state index is 14.0. The van der Waals surface area contributed by atoms with E-state index in [0.29, 0.717) is 22.6 Å². The third kappa shape index (κ3) is 2.55. The van der Waals surface area contributed by atoms with Crippen molar-refractivity contribution in [3.8, 4) is 16.9 Å². The molecule has 0 aliphatic carbocycles. The number of aromatic nitrogens is 2. The maximum Gasteiger partial charge on any atom is 0.132 e. The van der Waals surface area contributed by atoms with Gasteiger partial charge in [0.1, 0.15) is 11.6 Å². The van der Waals surface area contributed by atoms with Crippen molar-refractivity contribution in [1.29, 1.82) is 0 Å². The van der Waals surface area contributed by atoms with Crippen LogP contribution in [0.1, 0.15) is 5.69 Å². The maximum atomic E-state index is 14.0. The molecular formula is C16H13F2N3. The first-order valence-electron chi connectivity index (χ1n) is 6.49. The van der Waals surface area contributed by atoms with Crippen molar-refractivity contribution in [2.75, 3.05) is 0 Å². The molecule has 2 N–H and O–H groups in total. The molecule has 1 heterocycles. The first-order chi connectivity index (χ1) is 10.2. The van der Waals surface area contributed by atoms with E-state index >= 15 is 0 Å². The van der Waals surface area contributed by atoms with Crippen LogP contribution >= 0.6 is 0 Å². The van der Waals surface area contributed by atoms with Crippen molar-refractivity contribution >= 4 is 0 Å². The molecule has 0 atom stereocenters. The second kappa shape index (κ2) is 5.46. The van der Waals surface area contributed by atoms with Gasteiger partial charge in [-0.3, -0.25) is 0 Å². The summed E-state index contributed by atoms with van der Waals surface area (Å²) in [5.74, 6) is -0.679. The molecule has 0 unspecified atom stereocenters. The van der Waals surface area contributed by atoms with Crippen molar-refractivity contribution < 1.29 is 8.78 Å². The monoisotopic (exact) mass is 285 g/mol. The van der Waals surface area contributed by atoms with Gasteiger partial charge in [0.05, 0.1) is 17.1 Å². The third-order valence-electron chi connectivity index (χ3n) is 3.19. The number of halogens is 2. The van der Waals surface area contributed by atoms with Gasteiger partial charge in [-0.15, -0.1) is 0 Å². The van der Waals surface area contributed by atoms with Crippen molar-refractivity contribution in [1.82, 2.24) is 9.78 Å². The van der Waals surface area contributed by atoms with E-state index in [4.69, 9.17) is 5.73 Å². The van der Waals surface area contributed by atoms with Crippen LogP contribution < -0.4 is 5.73 Å². The molecule has 3 rings (SSSR count). The highest BCUT2D eigenvalue weighted by Crippen LogP contribution is 2.26. The van der Waals surface area contributed by atoms with Crippen molar-refractivity contribution in [2.45, 2.75) is 6.54 Å². The average Bonchev–Trinajstić information content (AvgIpc) is 2.92. The van der Waals surface area contributed by atoms with Gasteiger partial charge in [-0.1, -0.05) is 12.1 Å². The molecule has 0 bridgehead atoms. The second-order valence-corrected chi connectivity index (χ2v) is 4.59. The second-order valence-electron chi connectivity index (χ2n) is 4.59. The molecule has 0 fully saturated rings. The quantitative estimate of drug-likeness (QED) is 0.802. The van der Waals surface area contributed by atoms with E-state index in [1.165, 1.54) is 18.2 Å². The third-order valence-corrected chi connectivity index (χ3v) is 3.19. The van der Waals surface area contributed by atoms with Crippen molar-refractivity contribution in [3.05, 3.63) is 71.9 Å². The Kier molecular flexibility index (Phi) is 3.50. The van der Waals surface area contributed by atoms with E-state index in [9.17, 15) is 8.78 Å². The molecular weight excluding hydrogens is 272 g/mol. The molecule has 0 aliphatic heterocycles. The van der Waals surface area contributed by atoms with Gasteiger partial charge in [-0.05, 0) is 42.5 Å². The fourth-order valence-electron chi connectivity index (χ4n) is 2.17. The Morgan fingerprint density at radius 1 is 1.00 bits per heavy atom. The predicted octanol–water partition coefficient (Wildman–Crippen LogP) is 3.28. The zero-order valence-electron chi connectivity index (χ0n) is 11.1. The number of nitrogens with two attached hydrogens (primary N) is 1. The van der Waals surface area contributed by atoms with Crippen LogP contribution in [0.5, 0.6) is 0 Å². The molecule has 0 spiro atoms. The van der Waals surface area contributed by atoms with Gasteiger partial charge in [-0.25, -0.2) is 13.5 Å². The Labute approximate surface area is 120 Å². The van der Waals surface area contributed by atoms with Crippen LogP contribution in [0.4, 0.5) is 8.78 Å². The van der Waals surface area contributed by atoms with Gasteiger partial charge in [0.15, 0.2) is 0 Å². The number of benzene rings is 2. The fraction of sp³-hybridized carbons (Fsp3) is 0.0625.